The van der Waals surface area contributed by atoms with Gasteiger partial charge in [-0.25, -0.2) is 4.79 Å². The number of rotatable bonds is 9. The van der Waals surface area contributed by atoms with Crippen molar-refractivity contribution in [1.82, 2.24) is 10.2 Å². The molecule has 0 spiro atoms. The number of aryl methyl sites for hydroxylation is 2. The molecule has 0 radical (unpaired) electrons. The summed E-state index contributed by atoms with van der Waals surface area (Å²) in [5.41, 5.74) is 2.69. The molecule has 3 aromatic carbocycles. The van der Waals surface area contributed by atoms with E-state index in [1.807, 2.05) is 81.4 Å². The molecule has 0 aliphatic carbocycles. The van der Waals surface area contributed by atoms with E-state index in [4.69, 9.17) is 4.74 Å². The lowest BCUT2D eigenvalue weighted by atomic mass is 9.98. The minimum absolute atomic E-state index is 0.275. The van der Waals surface area contributed by atoms with Gasteiger partial charge in [0.05, 0.1) is 0 Å². The number of nitrogens with one attached hydrogen (secondary N) is 2. The van der Waals surface area contributed by atoms with Crippen molar-refractivity contribution in [3.63, 3.8) is 0 Å². The molecule has 0 fully saturated rings. The van der Waals surface area contributed by atoms with Crippen molar-refractivity contribution < 1.29 is 19.1 Å². The van der Waals surface area contributed by atoms with Crippen molar-refractivity contribution in [1.29, 1.82) is 0 Å². The number of hydrogen-bond donors (Lipinski definition) is 2. The summed E-state index contributed by atoms with van der Waals surface area (Å²) in [6, 6.07) is 18.7. The van der Waals surface area contributed by atoms with Crippen LogP contribution in [0.3, 0.4) is 0 Å². The maximum absolute atomic E-state index is 13.9. The van der Waals surface area contributed by atoms with Gasteiger partial charge in [-0.05, 0) is 69.5 Å². The molecule has 0 aliphatic heterocycles. The molecule has 0 bridgehead atoms. The Morgan fingerprint density at radius 1 is 0.921 bits per heavy atom. The van der Waals surface area contributed by atoms with E-state index < -0.39 is 17.7 Å². The van der Waals surface area contributed by atoms with Gasteiger partial charge in [-0.2, -0.15) is 0 Å². The fraction of sp³-hybridized carbons (Fsp3) is 0.387. The van der Waals surface area contributed by atoms with Crippen LogP contribution in [0.1, 0.15) is 63.3 Å². The number of carbonyl (C=O) groups excluding carboxylic acids is 3. The molecule has 7 nitrogen and oxygen atoms in total. The van der Waals surface area contributed by atoms with Gasteiger partial charge in [0.25, 0.3) is 5.91 Å². The van der Waals surface area contributed by atoms with E-state index in [2.05, 4.69) is 10.6 Å². The zero-order chi connectivity index (χ0) is 27.9. The van der Waals surface area contributed by atoms with E-state index in [0.717, 1.165) is 33.9 Å². The van der Waals surface area contributed by atoms with E-state index in [1.165, 1.54) is 0 Å². The normalized spacial score (nSPS) is 12.1. The van der Waals surface area contributed by atoms with Crippen LogP contribution in [-0.2, 0) is 14.3 Å². The maximum Gasteiger partial charge on any atom is 0.408 e. The number of alkyl carbamates (subject to hydrolysis) is 1. The van der Waals surface area contributed by atoms with Gasteiger partial charge in [0.1, 0.15) is 18.2 Å². The van der Waals surface area contributed by atoms with Crippen LogP contribution in [-0.4, -0.2) is 41.5 Å². The van der Waals surface area contributed by atoms with Gasteiger partial charge in [0.2, 0.25) is 5.91 Å². The third-order valence-electron chi connectivity index (χ3n) is 5.99. The smallest absolute Gasteiger partial charge is 0.408 e. The molecule has 0 saturated carbocycles. The van der Waals surface area contributed by atoms with Crippen LogP contribution in [0, 0.1) is 13.8 Å². The molecule has 0 heterocycles. The molecule has 0 saturated heterocycles. The van der Waals surface area contributed by atoms with Crippen LogP contribution in [0.5, 0.6) is 0 Å². The van der Waals surface area contributed by atoms with Crippen molar-refractivity contribution in [3.05, 3.63) is 77.4 Å². The van der Waals surface area contributed by atoms with Gasteiger partial charge in [0.15, 0.2) is 0 Å². The molecule has 1 unspecified atom stereocenters. The van der Waals surface area contributed by atoms with E-state index >= 15 is 0 Å². The Morgan fingerprint density at radius 3 is 2.21 bits per heavy atom. The van der Waals surface area contributed by atoms with Gasteiger partial charge < -0.3 is 20.3 Å². The summed E-state index contributed by atoms with van der Waals surface area (Å²) in [6.45, 7) is 11.3. The molecule has 1 atom stereocenters. The zero-order valence-corrected chi connectivity index (χ0v) is 23.3. The molecule has 3 amide bonds. The Hall–Kier alpha value is -3.87. The number of anilines is 1. The first kappa shape index (κ1) is 28.7. The van der Waals surface area contributed by atoms with Crippen LogP contribution in [0.15, 0.2) is 60.7 Å². The predicted octanol–water partition coefficient (Wildman–Crippen LogP) is 6.29. The quantitative estimate of drug-likeness (QED) is 0.349. The second-order valence-electron chi connectivity index (χ2n) is 10.7. The van der Waals surface area contributed by atoms with Crippen molar-refractivity contribution in [2.45, 2.75) is 66.0 Å². The van der Waals surface area contributed by atoms with Crippen LogP contribution in [0.2, 0.25) is 0 Å². The van der Waals surface area contributed by atoms with Crippen molar-refractivity contribution in [2.24, 2.45) is 0 Å². The highest BCUT2D eigenvalue weighted by molar-refractivity contribution is 6.00. The Labute approximate surface area is 225 Å². The zero-order valence-electron chi connectivity index (χ0n) is 23.3. The minimum atomic E-state index is -0.875. The number of benzene rings is 3. The molecular weight excluding hydrogens is 478 g/mol. The Balaban J connectivity index is 1.94. The number of ether oxygens (including phenoxy) is 1. The number of carbonyl (C=O) groups is 3. The first-order chi connectivity index (χ1) is 18.0. The number of hydrogen-bond acceptors (Lipinski definition) is 4. The van der Waals surface area contributed by atoms with E-state index in [0.29, 0.717) is 18.7 Å². The largest absolute Gasteiger partial charge is 0.444 e. The SMILES string of the molecule is CCCCN(C(=O)CNC(=O)OC(C)(C)C)C(C(=O)Nc1ccc2ccccc2c1)c1cc(C)cc(C)c1. The molecule has 3 aromatic rings. The molecule has 2 N–H and O–H groups in total. The van der Waals surface area contributed by atoms with Crippen molar-refractivity contribution in [2.75, 3.05) is 18.4 Å². The lowest BCUT2D eigenvalue weighted by molar-refractivity contribution is -0.138. The average Bonchev–Trinajstić information content (AvgIpc) is 2.83. The minimum Gasteiger partial charge on any atom is -0.444 e. The summed E-state index contributed by atoms with van der Waals surface area (Å²) in [5, 5.41) is 7.67. The molecule has 0 aromatic heterocycles. The number of amides is 3. The molecule has 38 heavy (non-hydrogen) atoms. The van der Waals surface area contributed by atoms with Gasteiger partial charge >= 0.3 is 6.09 Å². The lowest BCUT2D eigenvalue weighted by Crippen LogP contribution is -2.47. The molecule has 3 rings (SSSR count). The van der Waals surface area contributed by atoms with Crippen molar-refractivity contribution >= 4 is 34.4 Å². The van der Waals surface area contributed by atoms with Crippen LogP contribution in [0.4, 0.5) is 10.5 Å². The first-order valence-corrected chi connectivity index (χ1v) is 13.1. The summed E-state index contributed by atoms with van der Waals surface area (Å²) in [4.78, 5) is 41.2. The van der Waals surface area contributed by atoms with Crippen LogP contribution < -0.4 is 10.6 Å². The maximum atomic E-state index is 13.9. The second kappa shape index (κ2) is 12.6. The molecule has 0 aliphatic rings. The average molecular weight is 518 g/mol. The highest BCUT2D eigenvalue weighted by Gasteiger charge is 2.32. The van der Waals surface area contributed by atoms with Crippen molar-refractivity contribution in [3.8, 4) is 0 Å². The first-order valence-electron chi connectivity index (χ1n) is 13.1. The number of fused-ring (bicyclic) bond motifs is 1. The summed E-state index contributed by atoms with van der Waals surface area (Å²) in [5.74, 6) is -0.672. The summed E-state index contributed by atoms with van der Waals surface area (Å²) in [6.07, 6.45) is 0.877. The highest BCUT2D eigenvalue weighted by Crippen LogP contribution is 2.27. The number of unbranched alkanes of at least 4 members (excludes halogenated alkanes) is 1. The fourth-order valence-corrected chi connectivity index (χ4v) is 4.41. The monoisotopic (exact) mass is 517 g/mol. The van der Waals surface area contributed by atoms with Gasteiger partial charge in [-0.3, -0.25) is 9.59 Å². The highest BCUT2D eigenvalue weighted by atomic mass is 16.6. The molecule has 202 valence electrons. The Kier molecular flexibility index (Phi) is 9.50. The van der Waals surface area contributed by atoms with E-state index in [1.54, 1.807) is 25.7 Å². The molecular formula is C31H39N3O4. The standard InChI is InChI=1S/C31H39N3O4/c1-7-8-15-34(27(35)20-32-30(37)38-31(4,5)6)28(25-17-21(2)16-22(3)18-25)29(36)33-26-14-13-23-11-9-10-12-24(23)19-26/h9-14,16-19,28H,7-8,15,20H2,1-6H3,(H,32,37)(H,33,36). The number of nitrogens with zero attached hydrogens (tertiary/aromatic N) is 1. The van der Waals surface area contributed by atoms with E-state index in [-0.39, 0.29) is 18.4 Å². The summed E-state index contributed by atoms with van der Waals surface area (Å²) in [7, 11) is 0. The predicted molar refractivity (Wildman–Crippen MR) is 152 cm³/mol. The third kappa shape index (κ3) is 8.07. The van der Waals surface area contributed by atoms with Gasteiger partial charge in [-0.1, -0.05) is 73.0 Å². The summed E-state index contributed by atoms with van der Waals surface area (Å²) < 4.78 is 5.29. The third-order valence-corrected chi connectivity index (χ3v) is 5.99. The second-order valence-corrected chi connectivity index (χ2v) is 10.7. The Morgan fingerprint density at radius 2 is 1.58 bits per heavy atom. The fourth-order valence-electron chi connectivity index (χ4n) is 4.41. The topological polar surface area (TPSA) is 87.7 Å². The van der Waals surface area contributed by atoms with E-state index in [9.17, 15) is 14.4 Å². The van der Waals surface area contributed by atoms with Gasteiger partial charge in [-0.15, -0.1) is 0 Å². The van der Waals surface area contributed by atoms with Crippen LogP contribution >= 0.6 is 0 Å². The molecule has 7 heteroatoms. The van der Waals surface area contributed by atoms with Crippen LogP contribution in [0.25, 0.3) is 10.8 Å². The Bertz CT molecular complexity index is 1280. The lowest BCUT2D eigenvalue weighted by Gasteiger charge is -2.32. The summed E-state index contributed by atoms with van der Waals surface area (Å²) >= 11 is 0. The van der Waals surface area contributed by atoms with Gasteiger partial charge in [0, 0.05) is 12.2 Å².